The number of benzene rings is 3. The smallest absolute Gasteiger partial charge is 0.258 e. The summed E-state index contributed by atoms with van der Waals surface area (Å²) in [6.07, 6.45) is 3.52. The average molecular weight is 462 g/mol. The number of ether oxygens (including phenoxy) is 2. The lowest BCUT2D eigenvalue weighted by Crippen LogP contribution is -2.34. The molecule has 4 aromatic rings. The van der Waals surface area contributed by atoms with E-state index >= 15 is 0 Å². The van der Waals surface area contributed by atoms with Crippen LogP contribution in [0, 0.1) is 0 Å². The quantitative estimate of drug-likeness (QED) is 0.399. The summed E-state index contributed by atoms with van der Waals surface area (Å²) in [6, 6.07) is 22.5. The first kappa shape index (κ1) is 22.4. The maximum Gasteiger partial charge on any atom is 0.258 e. The fourth-order valence-corrected chi connectivity index (χ4v) is 3.85. The van der Waals surface area contributed by atoms with Crippen LogP contribution in [-0.2, 0) is 11.8 Å². The first-order valence-electron chi connectivity index (χ1n) is 10.4. The van der Waals surface area contributed by atoms with Crippen molar-refractivity contribution < 1.29 is 14.3 Å². The number of para-hydroxylation sites is 1. The van der Waals surface area contributed by atoms with Crippen LogP contribution in [0.5, 0.6) is 11.5 Å². The van der Waals surface area contributed by atoms with Gasteiger partial charge >= 0.3 is 0 Å². The van der Waals surface area contributed by atoms with Crippen molar-refractivity contribution in [1.29, 1.82) is 0 Å². The molecule has 1 atom stereocenters. The van der Waals surface area contributed by atoms with Gasteiger partial charge in [0.15, 0.2) is 6.61 Å². The highest BCUT2D eigenvalue weighted by molar-refractivity contribution is 6.32. The van der Waals surface area contributed by atoms with Gasteiger partial charge in [0.2, 0.25) is 0 Å². The summed E-state index contributed by atoms with van der Waals surface area (Å²) >= 11 is 6.42. The third-order valence-corrected chi connectivity index (χ3v) is 5.57. The lowest BCUT2D eigenvalue weighted by Gasteiger charge is -2.21. The molecule has 6 nitrogen and oxygen atoms in total. The van der Waals surface area contributed by atoms with Crippen LogP contribution in [0.25, 0.3) is 11.1 Å². The molecule has 0 spiro atoms. The van der Waals surface area contributed by atoms with Gasteiger partial charge in [-0.3, -0.25) is 4.79 Å². The number of carbonyl (C=O) groups excluding carboxylic acids is 1. The van der Waals surface area contributed by atoms with Gasteiger partial charge in [-0.1, -0.05) is 66.2 Å². The molecule has 7 heteroatoms. The first-order valence-corrected chi connectivity index (χ1v) is 10.8. The van der Waals surface area contributed by atoms with E-state index in [4.69, 9.17) is 21.1 Å². The van der Waals surface area contributed by atoms with Gasteiger partial charge in [0.1, 0.15) is 23.4 Å². The van der Waals surface area contributed by atoms with E-state index in [2.05, 4.69) is 10.3 Å². The van der Waals surface area contributed by atoms with E-state index in [1.54, 1.807) is 19.4 Å². The number of aromatic nitrogens is 2. The number of rotatable bonds is 8. The summed E-state index contributed by atoms with van der Waals surface area (Å²) < 4.78 is 13.1. The summed E-state index contributed by atoms with van der Waals surface area (Å²) in [7, 11) is 3.47. The van der Waals surface area contributed by atoms with Crippen LogP contribution < -0.4 is 14.8 Å². The molecule has 0 saturated heterocycles. The SMILES string of the molecule is COc1ccccc1C(NC(=O)COc1ccc(-c2ccccc2)cc1Cl)c1nccn1C. The summed E-state index contributed by atoms with van der Waals surface area (Å²) in [5, 5.41) is 3.45. The molecule has 1 N–H and O–H groups in total. The Bertz CT molecular complexity index is 1240. The number of hydrogen-bond acceptors (Lipinski definition) is 4. The lowest BCUT2D eigenvalue weighted by atomic mass is 10.0. The fraction of sp³-hybridized carbons (Fsp3) is 0.154. The fourth-order valence-electron chi connectivity index (χ4n) is 3.62. The Kier molecular flexibility index (Phi) is 6.95. The Hall–Kier alpha value is -3.77. The summed E-state index contributed by atoms with van der Waals surface area (Å²) in [5.41, 5.74) is 2.83. The van der Waals surface area contributed by atoms with E-state index in [1.165, 1.54) is 0 Å². The highest BCUT2D eigenvalue weighted by Crippen LogP contribution is 2.31. The molecule has 0 radical (unpaired) electrons. The summed E-state index contributed by atoms with van der Waals surface area (Å²) in [6.45, 7) is -0.194. The molecule has 1 heterocycles. The Morgan fingerprint density at radius 1 is 1.03 bits per heavy atom. The van der Waals surface area contributed by atoms with E-state index in [0.717, 1.165) is 16.7 Å². The minimum Gasteiger partial charge on any atom is -0.496 e. The largest absolute Gasteiger partial charge is 0.496 e. The lowest BCUT2D eigenvalue weighted by molar-refractivity contribution is -0.123. The third kappa shape index (κ3) is 5.18. The van der Waals surface area contributed by atoms with Crippen molar-refractivity contribution in [2.24, 2.45) is 7.05 Å². The molecule has 0 saturated carbocycles. The molecular weight excluding hydrogens is 438 g/mol. The predicted octanol–water partition coefficient (Wildman–Crippen LogP) is 5.03. The molecule has 0 fully saturated rings. The monoisotopic (exact) mass is 461 g/mol. The first-order chi connectivity index (χ1) is 16.1. The van der Waals surface area contributed by atoms with E-state index in [9.17, 15) is 4.79 Å². The number of nitrogens with zero attached hydrogens (tertiary/aromatic N) is 2. The van der Waals surface area contributed by atoms with Gasteiger partial charge < -0.3 is 19.4 Å². The van der Waals surface area contributed by atoms with E-state index in [0.29, 0.717) is 22.3 Å². The van der Waals surface area contributed by atoms with Crippen molar-refractivity contribution in [2.75, 3.05) is 13.7 Å². The zero-order valence-corrected chi connectivity index (χ0v) is 19.1. The molecule has 0 aliphatic heterocycles. The van der Waals surface area contributed by atoms with Crippen LogP contribution in [0.1, 0.15) is 17.4 Å². The second kappa shape index (κ2) is 10.2. The number of methoxy groups -OCH3 is 1. The molecule has 1 aromatic heterocycles. The third-order valence-electron chi connectivity index (χ3n) is 5.27. The second-order valence-electron chi connectivity index (χ2n) is 7.44. The van der Waals surface area contributed by atoms with Crippen LogP contribution in [0.4, 0.5) is 0 Å². The molecule has 33 heavy (non-hydrogen) atoms. The van der Waals surface area contributed by atoms with Crippen LogP contribution in [0.2, 0.25) is 5.02 Å². The zero-order chi connectivity index (χ0) is 23.2. The Labute approximate surface area is 197 Å². The van der Waals surface area contributed by atoms with Gasteiger partial charge in [-0.05, 0) is 29.3 Å². The van der Waals surface area contributed by atoms with Crippen molar-refractivity contribution in [3.05, 3.63) is 102 Å². The van der Waals surface area contributed by atoms with Crippen molar-refractivity contribution in [3.8, 4) is 22.6 Å². The Balaban J connectivity index is 1.49. The average Bonchev–Trinajstić information content (AvgIpc) is 3.27. The molecule has 1 unspecified atom stereocenters. The van der Waals surface area contributed by atoms with E-state index in [1.807, 2.05) is 84.5 Å². The van der Waals surface area contributed by atoms with E-state index < -0.39 is 6.04 Å². The Morgan fingerprint density at radius 2 is 1.79 bits per heavy atom. The molecule has 0 aliphatic carbocycles. The molecule has 0 bridgehead atoms. The minimum absolute atomic E-state index is 0.194. The number of amides is 1. The van der Waals surface area contributed by atoms with Gasteiger partial charge in [0.25, 0.3) is 5.91 Å². The van der Waals surface area contributed by atoms with Crippen molar-refractivity contribution in [2.45, 2.75) is 6.04 Å². The van der Waals surface area contributed by atoms with Gasteiger partial charge in [0.05, 0.1) is 12.1 Å². The predicted molar refractivity (Wildman–Crippen MR) is 129 cm³/mol. The number of hydrogen-bond donors (Lipinski definition) is 1. The number of nitrogens with one attached hydrogen (secondary N) is 1. The molecule has 4 rings (SSSR count). The molecule has 0 aliphatic rings. The van der Waals surface area contributed by atoms with Gasteiger partial charge in [-0.25, -0.2) is 4.98 Å². The maximum atomic E-state index is 12.8. The standard InChI is InChI=1S/C26H24ClN3O3/c1-30-15-14-28-26(30)25(20-10-6-7-11-22(20)32-2)29-24(31)17-33-23-13-12-19(16-21(23)27)18-8-4-3-5-9-18/h3-16,25H,17H2,1-2H3,(H,29,31). The molecule has 3 aromatic carbocycles. The van der Waals surface area contributed by atoms with Crippen molar-refractivity contribution in [3.63, 3.8) is 0 Å². The Morgan fingerprint density at radius 3 is 2.48 bits per heavy atom. The van der Waals surface area contributed by atoms with Gasteiger partial charge in [-0.2, -0.15) is 0 Å². The second-order valence-corrected chi connectivity index (χ2v) is 7.85. The normalized spacial score (nSPS) is 11.6. The topological polar surface area (TPSA) is 65.4 Å². The van der Waals surface area contributed by atoms with E-state index in [-0.39, 0.29) is 12.5 Å². The number of halogens is 1. The molecule has 1 amide bonds. The van der Waals surface area contributed by atoms with Crippen LogP contribution in [0.3, 0.4) is 0 Å². The van der Waals surface area contributed by atoms with Crippen LogP contribution in [0.15, 0.2) is 85.2 Å². The highest BCUT2D eigenvalue weighted by atomic mass is 35.5. The van der Waals surface area contributed by atoms with Crippen molar-refractivity contribution >= 4 is 17.5 Å². The summed E-state index contributed by atoms with van der Waals surface area (Å²) in [4.78, 5) is 17.3. The minimum atomic E-state index is -0.506. The van der Waals surface area contributed by atoms with Gasteiger partial charge in [0, 0.05) is 25.0 Å². The number of imidazole rings is 1. The maximum absolute atomic E-state index is 12.8. The van der Waals surface area contributed by atoms with Crippen LogP contribution in [-0.4, -0.2) is 29.2 Å². The van der Waals surface area contributed by atoms with Crippen molar-refractivity contribution in [1.82, 2.24) is 14.9 Å². The highest BCUT2D eigenvalue weighted by Gasteiger charge is 2.24. The molecule has 168 valence electrons. The molecular formula is C26H24ClN3O3. The summed E-state index contributed by atoms with van der Waals surface area (Å²) in [5.74, 6) is 1.47. The van der Waals surface area contributed by atoms with Crippen LogP contribution >= 0.6 is 11.6 Å². The van der Waals surface area contributed by atoms with Gasteiger partial charge in [-0.15, -0.1) is 0 Å². The number of carbonyl (C=O) groups is 1. The number of aryl methyl sites for hydroxylation is 1. The zero-order valence-electron chi connectivity index (χ0n) is 18.4.